The van der Waals surface area contributed by atoms with Gasteiger partial charge in [0.25, 0.3) is 5.91 Å². The molecule has 4 rings (SSSR count). The first-order valence-electron chi connectivity index (χ1n) is 9.68. The standard InChI is InChI=1S/C24H21ClN2O2S/c25-21-12-6-17(7-13-21)14-26-23(29)19-8-10-20(11-9-19)24-27(22(28)16-30-24)15-18-4-2-1-3-5-18/h1-13,24H,14-16H2,(H,26,29)/t24-/m1/s1. The second kappa shape index (κ2) is 9.37. The zero-order chi connectivity index (χ0) is 20.9. The summed E-state index contributed by atoms with van der Waals surface area (Å²) in [7, 11) is 0. The summed E-state index contributed by atoms with van der Waals surface area (Å²) in [5, 5.41) is 3.55. The van der Waals surface area contributed by atoms with Crippen molar-refractivity contribution in [2.24, 2.45) is 0 Å². The fraction of sp³-hybridized carbons (Fsp3) is 0.167. The molecule has 0 aromatic heterocycles. The lowest BCUT2D eigenvalue weighted by molar-refractivity contribution is -0.128. The maximum absolute atomic E-state index is 12.5. The predicted molar refractivity (Wildman–Crippen MR) is 121 cm³/mol. The van der Waals surface area contributed by atoms with Gasteiger partial charge in [-0.2, -0.15) is 0 Å². The van der Waals surface area contributed by atoms with E-state index in [1.54, 1.807) is 23.9 Å². The Morgan fingerprint density at radius 2 is 1.67 bits per heavy atom. The fourth-order valence-electron chi connectivity index (χ4n) is 3.37. The second-order valence-corrected chi connectivity index (χ2v) is 8.61. The molecule has 3 aromatic rings. The molecule has 0 bridgehead atoms. The van der Waals surface area contributed by atoms with E-state index in [0.717, 1.165) is 16.7 Å². The molecule has 0 saturated carbocycles. The molecule has 1 fully saturated rings. The molecule has 4 nitrogen and oxygen atoms in total. The van der Waals surface area contributed by atoms with E-state index >= 15 is 0 Å². The summed E-state index contributed by atoms with van der Waals surface area (Å²) in [5.74, 6) is 0.479. The van der Waals surface area contributed by atoms with Crippen LogP contribution in [-0.2, 0) is 17.9 Å². The number of carbonyl (C=O) groups excluding carboxylic acids is 2. The fourth-order valence-corrected chi connectivity index (χ4v) is 4.68. The largest absolute Gasteiger partial charge is 0.348 e. The maximum atomic E-state index is 12.5. The lowest BCUT2D eigenvalue weighted by atomic mass is 10.1. The number of nitrogens with zero attached hydrogens (tertiary/aromatic N) is 1. The molecule has 0 unspecified atom stereocenters. The number of hydrogen-bond acceptors (Lipinski definition) is 3. The molecule has 3 aromatic carbocycles. The van der Waals surface area contributed by atoms with Gasteiger partial charge in [-0.05, 0) is 41.0 Å². The van der Waals surface area contributed by atoms with Gasteiger partial charge in [0, 0.05) is 23.7 Å². The van der Waals surface area contributed by atoms with Crippen LogP contribution in [0, 0.1) is 0 Å². The van der Waals surface area contributed by atoms with Gasteiger partial charge in [-0.1, -0.05) is 66.2 Å². The summed E-state index contributed by atoms with van der Waals surface area (Å²) in [4.78, 5) is 26.8. The Morgan fingerprint density at radius 1 is 0.967 bits per heavy atom. The van der Waals surface area contributed by atoms with Gasteiger partial charge in [-0.25, -0.2) is 0 Å². The Balaban J connectivity index is 1.41. The summed E-state index contributed by atoms with van der Waals surface area (Å²) in [6.07, 6.45) is 0. The molecule has 1 N–H and O–H groups in total. The van der Waals surface area contributed by atoms with Crippen molar-refractivity contribution in [2.45, 2.75) is 18.5 Å². The number of hydrogen-bond donors (Lipinski definition) is 1. The molecule has 1 aliphatic heterocycles. The lowest BCUT2D eigenvalue weighted by Gasteiger charge is -2.24. The van der Waals surface area contributed by atoms with Gasteiger partial charge in [0.2, 0.25) is 5.91 Å². The topological polar surface area (TPSA) is 49.4 Å². The van der Waals surface area contributed by atoms with E-state index in [-0.39, 0.29) is 17.2 Å². The van der Waals surface area contributed by atoms with Crippen LogP contribution in [0.5, 0.6) is 0 Å². The molecule has 1 atom stereocenters. The first-order valence-corrected chi connectivity index (χ1v) is 11.1. The average molecular weight is 437 g/mol. The van der Waals surface area contributed by atoms with Gasteiger partial charge in [0.1, 0.15) is 5.37 Å². The van der Waals surface area contributed by atoms with E-state index in [1.165, 1.54) is 0 Å². The van der Waals surface area contributed by atoms with Gasteiger partial charge in [0.05, 0.1) is 5.75 Å². The Labute approximate surface area is 185 Å². The molecular weight excluding hydrogens is 416 g/mol. The van der Waals surface area contributed by atoms with E-state index in [2.05, 4.69) is 5.32 Å². The predicted octanol–water partition coefficient (Wildman–Crippen LogP) is 5.04. The number of carbonyl (C=O) groups is 2. The van der Waals surface area contributed by atoms with Crippen molar-refractivity contribution in [3.63, 3.8) is 0 Å². The number of amides is 2. The van der Waals surface area contributed by atoms with Gasteiger partial charge in [-0.3, -0.25) is 9.59 Å². The van der Waals surface area contributed by atoms with Crippen molar-refractivity contribution in [1.82, 2.24) is 10.2 Å². The van der Waals surface area contributed by atoms with E-state index in [4.69, 9.17) is 11.6 Å². The van der Waals surface area contributed by atoms with Crippen LogP contribution in [0.2, 0.25) is 5.02 Å². The summed E-state index contributed by atoms with van der Waals surface area (Å²) in [6, 6.07) is 24.9. The van der Waals surface area contributed by atoms with Crippen LogP contribution in [0.1, 0.15) is 32.4 Å². The number of nitrogens with one attached hydrogen (secondary N) is 1. The third kappa shape index (κ3) is 4.86. The molecule has 0 spiro atoms. The minimum absolute atomic E-state index is 0.0381. The SMILES string of the molecule is O=C(NCc1ccc(Cl)cc1)c1ccc([C@H]2SCC(=O)N2Cc2ccccc2)cc1. The molecule has 6 heteroatoms. The Kier molecular flexibility index (Phi) is 6.41. The third-order valence-electron chi connectivity index (χ3n) is 4.99. The van der Waals surface area contributed by atoms with Crippen molar-refractivity contribution in [3.8, 4) is 0 Å². The molecule has 1 saturated heterocycles. The Morgan fingerprint density at radius 3 is 2.37 bits per heavy atom. The molecule has 0 aliphatic carbocycles. The van der Waals surface area contributed by atoms with Crippen molar-refractivity contribution in [2.75, 3.05) is 5.75 Å². The minimum Gasteiger partial charge on any atom is -0.348 e. The normalized spacial score (nSPS) is 16.0. The van der Waals surface area contributed by atoms with Crippen molar-refractivity contribution >= 4 is 35.2 Å². The van der Waals surface area contributed by atoms with Crippen molar-refractivity contribution < 1.29 is 9.59 Å². The highest BCUT2D eigenvalue weighted by molar-refractivity contribution is 8.00. The highest BCUT2D eigenvalue weighted by atomic mass is 35.5. The average Bonchev–Trinajstić information content (AvgIpc) is 3.14. The first kappa shape index (κ1) is 20.5. The number of halogens is 1. The van der Waals surface area contributed by atoms with Gasteiger partial charge in [0.15, 0.2) is 0 Å². The molecule has 30 heavy (non-hydrogen) atoms. The van der Waals surface area contributed by atoms with Crippen molar-refractivity contribution in [1.29, 1.82) is 0 Å². The second-order valence-electron chi connectivity index (χ2n) is 7.10. The van der Waals surface area contributed by atoms with E-state index < -0.39 is 0 Å². The highest BCUT2D eigenvalue weighted by Crippen LogP contribution is 2.39. The van der Waals surface area contributed by atoms with E-state index in [0.29, 0.717) is 29.4 Å². The van der Waals surface area contributed by atoms with Gasteiger partial charge in [-0.15, -0.1) is 11.8 Å². The van der Waals surface area contributed by atoms with E-state index in [9.17, 15) is 9.59 Å². The Bertz CT molecular complexity index is 1020. The molecule has 152 valence electrons. The molecule has 1 heterocycles. The zero-order valence-corrected chi connectivity index (χ0v) is 17.8. The first-order chi connectivity index (χ1) is 14.6. The zero-order valence-electron chi connectivity index (χ0n) is 16.3. The number of benzene rings is 3. The third-order valence-corrected chi connectivity index (χ3v) is 6.50. The highest BCUT2D eigenvalue weighted by Gasteiger charge is 2.32. The van der Waals surface area contributed by atoms with Crippen LogP contribution >= 0.6 is 23.4 Å². The summed E-state index contributed by atoms with van der Waals surface area (Å²) < 4.78 is 0. The molecule has 2 amide bonds. The number of thioether (sulfide) groups is 1. The van der Waals surface area contributed by atoms with Crippen LogP contribution in [0.25, 0.3) is 0 Å². The molecule has 1 aliphatic rings. The van der Waals surface area contributed by atoms with Gasteiger partial charge < -0.3 is 10.2 Å². The van der Waals surface area contributed by atoms with Crippen LogP contribution in [0.4, 0.5) is 0 Å². The van der Waals surface area contributed by atoms with Crippen LogP contribution < -0.4 is 5.32 Å². The summed E-state index contributed by atoms with van der Waals surface area (Å²) >= 11 is 7.51. The van der Waals surface area contributed by atoms with Crippen LogP contribution in [0.3, 0.4) is 0 Å². The van der Waals surface area contributed by atoms with Crippen LogP contribution in [0.15, 0.2) is 78.9 Å². The lowest BCUT2D eigenvalue weighted by Crippen LogP contribution is -2.27. The molecule has 0 radical (unpaired) electrons. The summed E-state index contributed by atoms with van der Waals surface area (Å²) in [5.41, 5.74) is 3.71. The Hall–Kier alpha value is -2.76. The van der Waals surface area contributed by atoms with Crippen molar-refractivity contribution in [3.05, 3.63) is 106 Å². The smallest absolute Gasteiger partial charge is 0.251 e. The quantitative estimate of drug-likeness (QED) is 0.588. The monoisotopic (exact) mass is 436 g/mol. The number of rotatable bonds is 6. The maximum Gasteiger partial charge on any atom is 0.251 e. The molecular formula is C24H21ClN2O2S. The van der Waals surface area contributed by atoms with E-state index in [1.807, 2.05) is 71.6 Å². The van der Waals surface area contributed by atoms with Gasteiger partial charge >= 0.3 is 0 Å². The van der Waals surface area contributed by atoms with Crippen LogP contribution in [-0.4, -0.2) is 22.5 Å². The summed E-state index contributed by atoms with van der Waals surface area (Å²) in [6.45, 7) is 1.02. The minimum atomic E-state index is -0.132.